The molecule has 0 spiro atoms. The van der Waals surface area contributed by atoms with Gasteiger partial charge >= 0.3 is 5.97 Å². The molecule has 0 aliphatic carbocycles. The largest absolute Gasteiger partial charge is 0.481 e. The van der Waals surface area contributed by atoms with Crippen molar-refractivity contribution in [3.8, 4) is 0 Å². The fourth-order valence-corrected chi connectivity index (χ4v) is 2.89. The van der Waals surface area contributed by atoms with Crippen molar-refractivity contribution >= 4 is 23.4 Å². The highest BCUT2D eigenvalue weighted by atomic mass is 16.4. The standard InChI is InChI=1S/C18H22N4O2/c1-2-13-3-5-15(6-4-13)20-18-19-10-7-16(21-18)22-11-8-14(9-12-22)17(23)24/h3-7,10,14H,2,8-9,11-12H2,1H3,(H,23,24)(H,19,20,21). The summed E-state index contributed by atoms with van der Waals surface area (Å²) in [7, 11) is 0. The zero-order valence-corrected chi connectivity index (χ0v) is 13.8. The zero-order valence-electron chi connectivity index (χ0n) is 13.8. The Morgan fingerprint density at radius 3 is 2.58 bits per heavy atom. The summed E-state index contributed by atoms with van der Waals surface area (Å²) < 4.78 is 0. The number of piperidine rings is 1. The lowest BCUT2D eigenvalue weighted by Gasteiger charge is -2.31. The molecule has 24 heavy (non-hydrogen) atoms. The van der Waals surface area contributed by atoms with E-state index >= 15 is 0 Å². The Kier molecular flexibility index (Phi) is 4.93. The number of aryl methyl sites for hydroxylation is 1. The lowest BCUT2D eigenvalue weighted by Crippen LogP contribution is -2.36. The van der Waals surface area contributed by atoms with Gasteiger partial charge < -0.3 is 15.3 Å². The molecule has 3 rings (SSSR count). The third kappa shape index (κ3) is 3.82. The van der Waals surface area contributed by atoms with Crippen molar-refractivity contribution in [2.45, 2.75) is 26.2 Å². The molecule has 2 N–H and O–H groups in total. The van der Waals surface area contributed by atoms with Gasteiger partial charge in [0.1, 0.15) is 5.82 Å². The van der Waals surface area contributed by atoms with Gasteiger partial charge in [-0.15, -0.1) is 0 Å². The number of carbonyl (C=O) groups is 1. The molecule has 0 bridgehead atoms. The van der Waals surface area contributed by atoms with E-state index in [-0.39, 0.29) is 5.92 Å². The maximum Gasteiger partial charge on any atom is 0.306 e. The molecular weight excluding hydrogens is 304 g/mol. The van der Waals surface area contributed by atoms with Gasteiger partial charge in [-0.1, -0.05) is 19.1 Å². The Balaban J connectivity index is 1.66. The van der Waals surface area contributed by atoms with Crippen molar-refractivity contribution in [3.05, 3.63) is 42.1 Å². The van der Waals surface area contributed by atoms with Crippen LogP contribution in [0, 0.1) is 5.92 Å². The first-order valence-electron chi connectivity index (χ1n) is 8.32. The monoisotopic (exact) mass is 326 g/mol. The van der Waals surface area contributed by atoms with Gasteiger partial charge in [-0.05, 0) is 43.0 Å². The zero-order chi connectivity index (χ0) is 16.9. The molecule has 6 nitrogen and oxygen atoms in total. The number of aromatic nitrogens is 2. The molecule has 2 heterocycles. The normalized spacial score (nSPS) is 15.3. The van der Waals surface area contributed by atoms with E-state index in [1.165, 1.54) is 5.56 Å². The molecule has 0 amide bonds. The van der Waals surface area contributed by atoms with E-state index in [0.717, 1.165) is 17.9 Å². The number of carboxylic acids is 1. The SMILES string of the molecule is CCc1ccc(Nc2nccc(N3CCC(C(=O)O)CC3)n2)cc1. The highest BCUT2D eigenvalue weighted by molar-refractivity contribution is 5.70. The van der Waals surface area contributed by atoms with Crippen LogP contribution in [-0.2, 0) is 11.2 Å². The molecule has 0 saturated carbocycles. The molecule has 0 atom stereocenters. The Morgan fingerprint density at radius 1 is 1.25 bits per heavy atom. The Labute approximate surface area is 141 Å². The van der Waals surface area contributed by atoms with E-state index in [1.54, 1.807) is 6.20 Å². The molecule has 126 valence electrons. The van der Waals surface area contributed by atoms with Crippen LogP contribution < -0.4 is 10.2 Å². The average molecular weight is 326 g/mol. The fraction of sp³-hybridized carbons (Fsp3) is 0.389. The van der Waals surface area contributed by atoms with Gasteiger partial charge in [-0.25, -0.2) is 4.98 Å². The first-order chi connectivity index (χ1) is 11.7. The molecule has 6 heteroatoms. The van der Waals surface area contributed by atoms with Gasteiger partial charge in [0.2, 0.25) is 5.95 Å². The summed E-state index contributed by atoms with van der Waals surface area (Å²) in [5, 5.41) is 12.3. The maximum atomic E-state index is 11.0. The number of hydrogen-bond donors (Lipinski definition) is 2. The van der Waals surface area contributed by atoms with Gasteiger partial charge in [0.15, 0.2) is 0 Å². The Bertz CT molecular complexity index is 694. The van der Waals surface area contributed by atoms with Crippen LogP contribution in [0.5, 0.6) is 0 Å². The maximum absolute atomic E-state index is 11.0. The molecule has 2 aromatic rings. The minimum atomic E-state index is -0.699. The van der Waals surface area contributed by atoms with Gasteiger partial charge in [0.25, 0.3) is 0 Å². The summed E-state index contributed by atoms with van der Waals surface area (Å²) in [5.41, 5.74) is 2.24. The smallest absolute Gasteiger partial charge is 0.306 e. The summed E-state index contributed by atoms with van der Waals surface area (Å²) in [4.78, 5) is 22.0. The number of nitrogens with one attached hydrogen (secondary N) is 1. The number of aliphatic carboxylic acids is 1. The van der Waals surface area contributed by atoms with Crippen molar-refractivity contribution in [2.24, 2.45) is 5.92 Å². The van der Waals surface area contributed by atoms with Crippen molar-refractivity contribution in [1.82, 2.24) is 9.97 Å². The number of benzene rings is 1. The lowest BCUT2D eigenvalue weighted by atomic mass is 9.97. The molecule has 1 fully saturated rings. The van der Waals surface area contributed by atoms with Crippen LogP contribution in [0.25, 0.3) is 0 Å². The van der Waals surface area contributed by atoms with E-state index in [0.29, 0.717) is 31.9 Å². The molecule has 1 aliphatic rings. The Morgan fingerprint density at radius 2 is 1.96 bits per heavy atom. The summed E-state index contributed by atoms with van der Waals surface area (Å²) >= 11 is 0. The van der Waals surface area contributed by atoms with Crippen LogP contribution in [0.15, 0.2) is 36.5 Å². The van der Waals surface area contributed by atoms with E-state index < -0.39 is 5.97 Å². The topological polar surface area (TPSA) is 78.4 Å². The van der Waals surface area contributed by atoms with Crippen LogP contribution in [0.4, 0.5) is 17.5 Å². The molecular formula is C18H22N4O2. The van der Waals surface area contributed by atoms with Crippen LogP contribution >= 0.6 is 0 Å². The average Bonchev–Trinajstić information content (AvgIpc) is 2.63. The summed E-state index contributed by atoms with van der Waals surface area (Å²) in [6.45, 7) is 3.54. The molecule has 1 aliphatic heterocycles. The number of nitrogens with zero attached hydrogens (tertiary/aromatic N) is 3. The van der Waals surface area contributed by atoms with Crippen molar-refractivity contribution in [2.75, 3.05) is 23.3 Å². The van der Waals surface area contributed by atoms with E-state index in [4.69, 9.17) is 5.11 Å². The fourth-order valence-electron chi connectivity index (χ4n) is 2.89. The van der Waals surface area contributed by atoms with Crippen LogP contribution in [0.2, 0.25) is 0 Å². The quantitative estimate of drug-likeness (QED) is 0.879. The second-order valence-corrected chi connectivity index (χ2v) is 6.01. The van der Waals surface area contributed by atoms with E-state index in [9.17, 15) is 4.79 Å². The van der Waals surface area contributed by atoms with Crippen molar-refractivity contribution in [1.29, 1.82) is 0 Å². The second kappa shape index (κ2) is 7.29. The highest BCUT2D eigenvalue weighted by Gasteiger charge is 2.25. The minimum absolute atomic E-state index is 0.238. The Hall–Kier alpha value is -2.63. The third-order valence-corrected chi connectivity index (χ3v) is 4.43. The number of hydrogen-bond acceptors (Lipinski definition) is 5. The predicted octanol–water partition coefficient (Wildman–Crippen LogP) is 3.08. The molecule has 0 radical (unpaired) electrons. The molecule has 1 saturated heterocycles. The molecule has 0 unspecified atom stereocenters. The van der Waals surface area contributed by atoms with Crippen LogP contribution in [0.1, 0.15) is 25.3 Å². The molecule has 1 aromatic carbocycles. The summed E-state index contributed by atoms with van der Waals surface area (Å²) in [6, 6.07) is 10.1. The first kappa shape index (κ1) is 16.2. The van der Waals surface area contributed by atoms with Gasteiger partial charge in [-0.2, -0.15) is 4.98 Å². The van der Waals surface area contributed by atoms with Gasteiger partial charge in [-0.3, -0.25) is 4.79 Å². The van der Waals surface area contributed by atoms with Crippen LogP contribution in [-0.4, -0.2) is 34.1 Å². The number of anilines is 3. The summed E-state index contributed by atoms with van der Waals surface area (Å²) in [6.07, 6.45) is 4.05. The second-order valence-electron chi connectivity index (χ2n) is 6.01. The van der Waals surface area contributed by atoms with Gasteiger partial charge in [0, 0.05) is 25.0 Å². The highest BCUT2D eigenvalue weighted by Crippen LogP contribution is 2.23. The lowest BCUT2D eigenvalue weighted by molar-refractivity contribution is -0.142. The third-order valence-electron chi connectivity index (χ3n) is 4.43. The predicted molar refractivity (Wildman–Crippen MR) is 93.7 cm³/mol. The molecule has 1 aromatic heterocycles. The first-order valence-corrected chi connectivity index (χ1v) is 8.32. The number of rotatable bonds is 5. The minimum Gasteiger partial charge on any atom is -0.481 e. The van der Waals surface area contributed by atoms with E-state index in [1.807, 2.05) is 18.2 Å². The van der Waals surface area contributed by atoms with Crippen molar-refractivity contribution < 1.29 is 9.90 Å². The van der Waals surface area contributed by atoms with Crippen LogP contribution in [0.3, 0.4) is 0 Å². The van der Waals surface area contributed by atoms with Gasteiger partial charge in [0.05, 0.1) is 5.92 Å². The number of carboxylic acid groups (broad SMARTS) is 1. The van der Waals surface area contributed by atoms with Crippen molar-refractivity contribution in [3.63, 3.8) is 0 Å². The summed E-state index contributed by atoms with van der Waals surface area (Å²) in [5.74, 6) is 0.451. The van der Waals surface area contributed by atoms with E-state index in [2.05, 4.69) is 39.2 Å².